The predicted octanol–water partition coefficient (Wildman–Crippen LogP) is 4.10. The van der Waals surface area contributed by atoms with E-state index in [0.29, 0.717) is 49.5 Å². The molecule has 1 N–H and O–H groups in total. The molecule has 0 aliphatic carbocycles. The smallest absolute Gasteiger partial charge is 0.410 e. The van der Waals surface area contributed by atoms with E-state index in [1.165, 1.54) is 0 Å². The standard InChI is InChI=1S/C29H39ClN8O3/c1-7-20-18-35(27(40)41-28(2,3)4)12-13-37(20)26-32-14-21(30)24(33-26)36-16-19(17-36)25(39)34-29(5,6)22-15-31-23-10-8-9-11-38(22)23/h8-11,14-15,19-20H,7,12-13,16-18H2,1-6H3,(H,34,39)/t20-/m0/s1. The molecule has 220 valence electrons. The highest BCUT2D eigenvalue weighted by Crippen LogP contribution is 2.32. The number of ether oxygens (including phenoxy) is 1. The first-order valence-corrected chi connectivity index (χ1v) is 14.5. The Hall–Kier alpha value is -3.60. The number of pyridine rings is 1. The fourth-order valence-corrected chi connectivity index (χ4v) is 5.57. The average molecular weight is 583 g/mol. The van der Waals surface area contributed by atoms with Gasteiger partial charge in [-0.05, 0) is 53.2 Å². The van der Waals surface area contributed by atoms with Gasteiger partial charge >= 0.3 is 6.09 Å². The number of carbonyl (C=O) groups excluding carboxylic acids is 2. The van der Waals surface area contributed by atoms with Gasteiger partial charge in [0.05, 0.1) is 29.5 Å². The summed E-state index contributed by atoms with van der Waals surface area (Å²) >= 11 is 6.53. The normalized spacial score (nSPS) is 18.4. The van der Waals surface area contributed by atoms with Crippen molar-refractivity contribution in [1.29, 1.82) is 0 Å². The molecule has 1 atom stereocenters. The van der Waals surface area contributed by atoms with Crippen LogP contribution in [0.1, 0.15) is 53.7 Å². The Labute approximate surface area is 245 Å². The molecule has 2 aliphatic rings. The van der Waals surface area contributed by atoms with Gasteiger partial charge in [-0.15, -0.1) is 0 Å². The number of piperazine rings is 1. The summed E-state index contributed by atoms with van der Waals surface area (Å²) in [6.45, 7) is 14.3. The number of imidazole rings is 1. The molecular formula is C29H39ClN8O3. The van der Waals surface area contributed by atoms with Gasteiger partial charge in [-0.25, -0.2) is 14.8 Å². The maximum atomic E-state index is 13.2. The summed E-state index contributed by atoms with van der Waals surface area (Å²) in [6.07, 6.45) is 5.89. The number of amides is 2. The van der Waals surface area contributed by atoms with Crippen LogP contribution < -0.4 is 15.1 Å². The summed E-state index contributed by atoms with van der Waals surface area (Å²) in [5.41, 5.74) is 0.609. The topological polar surface area (TPSA) is 108 Å². The second kappa shape index (κ2) is 11.0. The van der Waals surface area contributed by atoms with Gasteiger partial charge in [0, 0.05) is 45.0 Å². The van der Waals surface area contributed by atoms with Gasteiger partial charge in [0.25, 0.3) is 0 Å². The van der Waals surface area contributed by atoms with Crippen molar-refractivity contribution >= 4 is 41.0 Å². The molecule has 3 aromatic heterocycles. The van der Waals surface area contributed by atoms with Gasteiger partial charge < -0.3 is 29.2 Å². The van der Waals surface area contributed by atoms with Crippen molar-refractivity contribution in [2.75, 3.05) is 42.5 Å². The lowest BCUT2D eigenvalue weighted by Gasteiger charge is -2.43. The van der Waals surface area contributed by atoms with Crippen molar-refractivity contribution in [3.8, 4) is 0 Å². The van der Waals surface area contributed by atoms with E-state index in [2.05, 4.69) is 27.1 Å². The van der Waals surface area contributed by atoms with Gasteiger partial charge in [0.15, 0.2) is 5.82 Å². The number of hydrogen-bond donors (Lipinski definition) is 1. The summed E-state index contributed by atoms with van der Waals surface area (Å²) in [5, 5.41) is 3.64. The zero-order chi connectivity index (χ0) is 29.5. The molecule has 12 heteroatoms. The fraction of sp³-hybridized carbons (Fsp3) is 0.552. The molecule has 2 aliphatic heterocycles. The Kier molecular flexibility index (Phi) is 7.76. The Bertz CT molecular complexity index is 1430. The van der Waals surface area contributed by atoms with Gasteiger partial charge in [0.1, 0.15) is 16.3 Å². The molecule has 2 saturated heterocycles. The van der Waals surface area contributed by atoms with Crippen LogP contribution >= 0.6 is 11.6 Å². The summed E-state index contributed by atoms with van der Waals surface area (Å²) in [6, 6.07) is 5.87. The minimum Gasteiger partial charge on any atom is -0.444 e. The molecule has 41 heavy (non-hydrogen) atoms. The molecule has 0 radical (unpaired) electrons. The molecule has 0 unspecified atom stereocenters. The second-order valence-corrected chi connectivity index (χ2v) is 12.7. The third-order valence-corrected chi connectivity index (χ3v) is 7.89. The zero-order valence-corrected chi connectivity index (χ0v) is 25.4. The van der Waals surface area contributed by atoms with Crippen LogP contribution in [0.3, 0.4) is 0 Å². The van der Waals surface area contributed by atoms with Crippen LogP contribution in [0.25, 0.3) is 5.65 Å². The Morgan fingerprint density at radius 1 is 1.07 bits per heavy atom. The molecule has 2 fully saturated rings. The first-order valence-electron chi connectivity index (χ1n) is 14.1. The van der Waals surface area contributed by atoms with Gasteiger partial charge in [-0.3, -0.25) is 4.79 Å². The molecular weight excluding hydrogens is 544 g/mol. The van der Waals surface area contributed by atoms with Crippen LogP contribution in [0, 0.1) is 5.92 Å². The molecule has 2 amide bonds. The quantitative estimate of drug-likeness (QED) is 0.463. The summed E-state index contributed by atoms with van der Waals surface area (Å²) < 4.78 is 7.57. The minimum absolute atomic E-state index is 0.0214. The molecule has 0 spiro atoms. The van der Waals surface area contributed by atoms with Crippen LogP contribution in [-0.4, -0.2) is 80.6 Å². The maximum Gasteiger partial charge on any atom is 0.410 e. The highest BCUT2D eigenvalue weighted by atomic mass is 35.5. The van der Waals surface area contributed by atoms with Crippen molar-refractivity contribution in [3.63, 3.8) is 0 Å². The number of nitrogens with one attached hydrogen (secondary N) is 1. The molecule has 0 bridgehead atoms. The Morgan fingerprint density at radius 3 is 2.54 bits per heavy atom. The van der Waals surface area contributed by atoms with Crippen molar-refractivity contribution in [1.82, 2.24) is 29.6 Å². The highest BCUT2D eigenvalue weighted by molar-refractivity contribution is 6.32. The van der Waals surface area contributed by atoms with Crippen molar-refractivity contribution in [2.45, 2.75) is 65.1 Å². The molecule has 3 aromatic rings. The Balaban J connectivity index is 1.22. The van der Waals surface area contributed by atoms with E-state index in [1.807, 2.05) is 74.5 Å². The molecule has 5 heterocycles. The summed E-state index contributed by atoms with van der Waals surface area (Å²) in [5.74, 6) is 0.975. The lowest BCUT2D eigenvalue weighted by molar-refractivity contribution is -0.127. The molecule has 0 saturated carbocycles. The number of anilines is 2. The number of fused-ring (bicyclic) bond motifs is 1. The van der Waals surface area contributed by atoms with Crippen LogP contribution in [0.5, 0.6) is 0 Å². The first kappa shape index (κ1) is 28.9. The van der Waals surface area contributed by atoms with Gasteiger partial charge in [0.2, 0.25) is 11.9 Å². The number of nitrogens with zero attached hydrogens (tertiary/aromatic N) is 7. The minimum atomic E-state index is -0.603. The van der Waals surface area contributed by atoms with E-state index in [9.17, 15) is 9.59 Å². The third kappa shape index (κ3) is 6.05. The van der Waals surface area contributed by atoms with Crippen molar-refractivity contribution in [3.05, 3.63) is 47.5 Å². The number of aromatic nitrogens is 4. The monoisotopic (exact) mass is 582 g/mol. The second-order valence-electron chi connectivity index (χ2n) is 12.3. The summed E-state index contributed by atoms with van der Waals surface area (Å²) in [7, 11) is 0. The SMILES string of the molecule is CC[C@H]1CN(C(=O)OC(C)(C)C)CCN1c1ncc(Cl)c(N2CC(C(=O)NC(C)(C)c3cnc4ccccn34)C2)n1. The van der Waals surface area contributed by atoms with Crippen LogP contribution in [0.4, 0.5) is 16.6 Å². The van der Waals surface area contributed by atoms with E-state index in [4.69, 9.17) is 21.3 Å². The van der Waals surface area contributed by atoms with Crippen LogP contribution in [0.2, 0.25) is 5.02 Å². The average Bonchev–Trinajstić information content (AvgIpc) is 3.32. The number of hydrogen-bond acceptors (Lipinski definition) is 8. The van der Waals surface area contributed by atoms with E-state index >= 15 is 0 Å². The zero-order valence-electron chi connectivity index (χ0n) is 24.6. The largest absolute Gasteiger partial charge is 0.444 e. The van der Waals surface area contributed by atoms with Crippen LogP contribution in [0.15, 0.2) is 36.8 Å². The Morgan fingerprint density at radius 2 is 1.83 bits per heavy atom. The maximum absolute atomic E-state index is 13.2. The van der Waals surface area contributed by atoms with Crippen molar-refractivity contribution < 1.29 is 14.3 Å². The lowest BCUT2D eigenvalue weighted by Crippen LogP contribution is -2.57. The highest BCUT2D eigenvalue weighted by Gasteiger charge is 2.39. The third-order valence-electron chi connectivity index (χ3n) is 7.62. The molecule has 5 rings (SSSR count). The van der Waals surface area contributed by atoms with Gasteiger partial charge in [-0.2, -0.15) is 4.98 Å². The van der Waals surface area contributed by atoms with E-state index in [-0.39, 0.29) is 24.0 Å². The number of halogens is 1. The van der Waals surface area contributed by atoms with E-state index < -0.39 is 11.1 Å². The predicted molar refractivity (Wildman–Crippen MR) is 158 cm³/mol. The molecule has 11 nitrogen and oxygen atoms in total. The first-order chi connectivity index (χ1) is 19.4. The number of carbonyl (C=O) groups is 2. The fourth-order valence-electron chi connectivity index (χ4n) is 5.36. The lowest BCUT2D eigenvalue weighted by atomic mass is 9.95. The summed E-state index contributed by atoms with van der Waals surface area (Å²) in [4.78, 5) is 45.6. The van der Waals surface area contributed by atoms with Gasteiger partial charge in [-0.1, -0.05) is 24.6 Å². The number of rotatable bonds is 6. The van der Waals surface area contributed by atoms with Crippen LogP contribution in [-0.2, 0) is 15.1 Å². The van der Waals surface area contributed by atoms with E-state index in [1.54, 1.807) is 11.1 Å². The van der Waals surface area contributed by atoms with E-state index in [0.717, 1.165) is 17.8 Å². The molecule has 0 aromatic carbocycles. The van der Waals surface area contributed by atoms with Crippen molar-refractivity contribution in [2.24, 2.45) is 5.92 Å².